The monoisotopic (exact) mass is 450 g/mol. The summed E-state index contributed by atoms with van der Waals surface area (Å²) in [5, 5.41) is 0.747. The molecule has 4 rings (SSSR count). The van der Waals surface area contributed by atoms with Crippen LogP contribution in [0.3, 0.4) is 0 Å². The highest BCUT2D eigenvalue weighted by Gasteiger charge is 2.35. The van der Waals surface area contributed by atoms with Crippen molar-refractivity contribution < 1.29 is 25.6 Å². The summed E-state index contributed by atoms with van der Waals surface area (Å²) in [6.45, 7) is 3.97. The molecule has 0 amide bonds. The molecule has 0 saturated heterocycles. The zero-order chi connectivity index (χ0) is 21.8. The van der Waals surface area contributed by atoms with Gasteiger partial charge in [-0.25, -0.2) is 21.2 Å². The van der Waals surface area contributed by atoms with Crippen LogP contribution in [0.5, 0.6) is 0 Å². The van der Waals surface area contributed by atoms with Crippen molar-refractivity contribution >= 4 is 36.7 Å². The minimum atomic E-state index is -4.09. The van der Waals surface area contributed by atoms with Gasteiger partial charge in [0.15, 0.2) is 0 Å². The number of halogens is 1. The van der Waals surface area contributed by atoms with E-state index in [1.54, 1.807) is 12.1 Å². The predicted octanol–water partition coefficient (Wildman–Crippen LogP) is 4.22. The Kier molecular flexibility index (Phi) is 4.93. The summed E-state index contributed by atoms with van der Waals surface area (Å²) in [6.07, 6.45) is 3.82. The number of hydrogen-bond donors (Lipinski definition) is 0. The largest absolute Gasteiger partial charge is 0.456 e. The SMILES string of the molecule is [CH2]Cc1c(-c2ccc(F)cc2)oc2cc(N(S(C)(=O)=O)S(C)(=O)=O)c(C3CC3)cc12. The van der Waals surface area contributed by atoms with Crippen LogP contribution in [-0.4, -0.2) is 29.3 Å². The van der Waals surface area contributed by atoms with Crippen LogP contribution in [0.15, 0.2) is 40.8 Å². The van der Waals surface area contributed by atoms with Crippen molar-refractivity contribution in [2.75, 3.05) is 16.2 Å². The highest BCUT2D eigenvalue weighted by atomic mass is 32.3. The Morgan fingerprint density at radius 2 is 1.67 bits per heavy atom. The van der Waals surface area contributed by atoms with Crippen molar-refractivity contribution in [3.8, 4) is 11.3 Å². The Bertz CT molecular complexity index is 1310. The van der Waals surface area contributed by atoms with E-state index < -0.39 is 20.0 Å². The summed E-state index contributed by atoms with van der Waals surface area (Å²) >= 11 is 0. The normalized spacial score (nSPS) is 14.9. The number of anilines is 1. The van der Waals surface area contributed by atoms with Gasteiger partial charge in [-0.1, -0.05) is 0 Å². The van der Waals surface area contributed by atoms with Crippen LogP contribution in [0.25, 0.3) is 22.3 Å². The Balaban J connectivity index is 2.02. The summed E-state index contributed by atoms with van der Waals surface area (Å²) in [4.78, 5) is 0. The lowest BCUT2D eigenvalue weighted by molar-refractivity contribution is 0.590. The lowest BCUT2D eigenvalue weighted by Gasteiger charge is -2.22. The molecule has 0 N–H and O–H groups in total. The molecule has 0 unspecified atom stereocenters. The summed E-state index contributed by atoms with van der Waals surface area (Å²) in [5.41, 5.74) is 2.55. The van der Waals surface area contributed by atoms with E-state index in [-0.39, 0.29) is 17.4 Å². The molecule has 30 heavy (non-hydrogen) atoms. The smallest absolute Gasteiger partial charge is 0.245 e. The minimum Gasteiger partial charge on any atom is -0.456 e. The van der Waals surface area contributed by atoms with Gasteiger partial charge in [-0.3, -0.25) is 0 Å². The van der Waals surface area contributed by atoms with Gasteiger partial charge in [0, 0.05) is 22.6 Å². The molecule has 1 aliphatic carbocycles. The van der Waals surface area contributed by atoms with Gasteiger partial charge in [0.2, 0.25) is 20.0 Å². The van der Waals surface area contributed by atoms with Crippen molar-refractivity contribution in [2.45, 2.75) is 25.2 Å². The van der Waals surface area contributed by atoms with Gasteiger partial charge in [-0.2, -0.15) is 3.71 Å². The maximum atomic E-state index is 13.3. The molecule has 0 bridgehead atoms. The van der Waals surface area contributed by atoms with Crippen molar-refractivity contribution in [1.82, 2.24) is 0 Å². The fourth-order valence-corrected chi connectivity index (χ4v) is 6.76. The van der Waals surface area contributed by atoms with Crippen molar-refractivity contribution in [2.24, 2.45) is 0 Å². The molecule has 0 spiro atoms. The molecule has 159 valence electrons. The quantitative estimate of drug-likeness (QED) is 0.561. The van der Waals surface area contributed by atoms with Gasteiger partial charge in [-0.15, -0.1) is 0 Å². The van der Waals surface area contributed by atoms with E-state index in [4.69, 9.17) is 4.42 Å². The number of hydrogen-bond acceptors (Lipinski definition) is 5. The van der Waals surface area contributed by atoms with Gasteiger partial charge in [-0.05, 0) is 68.0 Å². The number of nitrogens with zero attached hydrogens (tertiary/aromatic N) is 1. The first kappa shape index (κ1) is 20.9. The number of fused-ring (bicyclic) bond motifs is 1. The van der Waals surface area contributed by atoms with Gasteiger partial charge in [0.25, 0.3) is 0 Å². The molecule has 0 atom stereocenters. The van der Waals surface area contributed by atoms with Crippen LogP contribution in [-0.2, 0) is 26.5 Å². The van der Waals surface area contributed by atoms with Crippen LogP contribution in [0.2, 0.25) is 0 Å². The molecule has 1 heterocycles. The fourth-order valence-electron chi connectivity index (χ4n) is 3.77. The highest BCUT2D eigenvalue weighted by Crippen LogP contribution is 2.48. The topological polar surface area (TPSA) is 84.7 Å². The summed E-state index contributed by atoms with van der Waals surface area (Å²) in [5.74, 6) is 0.211. The minimum absolute atomic E-state index is 0.0808. The zero-order valence-electron chi connectivity index (χ0n) is 16.6. The van der Waals surface area contributed by atoms with Gasteiger partial charge >= 0.3 is 0 Å². The van der Waals surface area contributed by atoms with E-state index in [2.05, 4.69) is 6.92 Å². The third kappa shape index (κ3) is 3.72. The molecular formula is C21H21FNO5S2. The summed E-state index contributed by atoms with van der Waals surface area (Å²) in [7, 11) is -8.18. The number of sulfonamides is 2. The second kappa shape index (κ2) is 7.09. The maximum absolute atomic E-state index is 13.3. The molecule has 2 aromatic carbocycles. The standard InChI is InChI=1S/C21H21FNO5S2/c1-4-16-18-11-17(13-5-6-13)19(23(29(2,24)25)30(3,26)27)12-20(18)28-21(16)14-7-9-15(22)10-8-14/h7-13H,1,4-6H2,2-3H3. The van der Waals surface area contributed by atoms with E-state index in [0.29, 0.717) is 32.6 Å². The van der Waals surface area contributed by atoms with Crippen LogP contribution in [0, 0.1) is 12.7 Å². The van der Waals surface area contributed by atoms with Crippen molar-refractivity contribution in [1.29, 1.82) is 0 Å². The van der Waals surface area contributed by atoms with Crippen molar-refractivity contribution in [3.63, 3.8) is 0 Å². The first-order valence-corrected chi connectivity index (χ1v) is 13.1. The average Bonchev–Trinajstić information content (AvgIpc) is 3.40. The van der Waals surface area contributed by atoms with E-state index in [1.807, 2.05) is 6.07 Å². The van der Waals surface area contributed by atoms with Gasteiger partial charge < -0.3 is 4.42 Å². The Hall–Kier alpha value is -2.39. The molecule has 9 heteroatoms. The average molecular weight is 451 g/mol. The highest BCUT2D eigenvalue weighted by molar-refractivity contribution is 8.09. The molecule has 1 fully saturated rings. The van der Waals surface area contributed by atoms with Gasteiger partial charge in [0.1, 0.15) is 17.2 Å². The predicted molar refractivity (Wildman–Crippen MR) is 115 cm³/mol. The Labute approximate surface area is 175 Å². The Morgan fingerprint density at radius 3 is 2.17 bits per heavy atom. The molecule has 1 radical (unpaired) electrons. The van der Waals surface area contributed by atoms with E-state index in [9.17, 15) is 21.2 Å². The Morgan fingerprint density at radius 1 is 1.07 bits per heavy atom. The van der Waals surface area contributed by atoms with E-state index in [0.717, 1.165) is 36.3 Å². The number of benzene rings is 2. The third-order valence-electron chi connectivity index (χ3n) is 5.11. The zero-order valence-corrected chi connectivity index (χ0v) is 18.2. The molecule has 6 nitrogen and oxygen atoms in total. The summed E-state index contributed by atoms with van der Waals surface area (Å²) in [6, 6.07) is 9.11. The van der Waals surface area contributed by atoms with Gasteiger partial charge in [0.05, 0.1) is 18.2 Å². The number of furan rings is 1. The molecule has 3 aromatic rings. The second-order valence-corrected chi connectivity index (χ2v) is 11.5. The lowest BCUT2D eigenvalue weighted by Crippen LogP contribution is -2.35. The van der Waals surface area contributed by atoms with Crippen LogP contribution in [0.1, 0.15) is 29.9 Å². The second-order valence-electron chi connectivity index (χ2n) is 7.57. The molecule has 0 aliphatic heterocycles. The molecular weight excluding hydrogens is 429 g/mol. The number of rotatable bonds is 6. The van der Waals surface area contributed by atoms with E-state index >= 15 is 0 Å². The van der Waals surface area contributed by atoms with E-state index in [1.165, 1.54) is 18.2 Å². The van der Waals surface area contributed by atoms with Crippen LogP contribution >= 0.6 is 0 Å². The van der Waals surface area contributed by atoms with Crippen LogP contribution < -0.4 is 3.71 Å². The molecule has 1 aliphatic rings. The summed E-state index contributed by atoms with van der Waals surface area (Å²) < 4.78 is 69.3. The molecule has 1 saturated carbocycles. The first-order valence-electron chi connectivity index (χ1n) is 9.35. The molecule has 1 aromatic heterocycles. The first-order chi connectivity index (χ1) is 14.0. The maximum Gasteiger partial charge on any atom is 0.245 e. The third-order valence-corrected chi connectivity index (χ3v) is 8.34. The lowest BCUT2D eigenvalue weighted by atomic mass is 10.00. The van der Waals surface area contributed by atoms with Crippen molar-refractivity contribution in [3.05, 3.63) is 60.3 Å². The van der Waals surface area contributed by atoms with Crippen LogP contribution in [0.4, 0.5) is 10.1 Å². The fraction of sp³-hybridized carbons (Fsp3) is 0.286.